The average Bonchev–Trinajstić information content (AvgIpc) is 3.05. The molecule has 1 aromatic rings. The molecular formula is C15H24ClN5O. The number of hydrogen-bond donors (Lipinski definition) is 3. The second kappa shape index (κ2) is 6.18. The SMILES string of the molecule is Cl.N[C@@H]1C[C@H](C(=O)Nc2cnn(C3CCNCC3)c2)[C@H]2C[C@H]21. The van der Waals surface area contributed by atoms with Crippen molar-refractivity contribution in [3.8, 4) is 0 Å². The molecule has 0 spiro atoms. The molecule has 2 heterocycles. The number of hydrogen-bond acceptors (Lipinski definition) is 4. The summed E-state index contributed by atoms with van der Waals surface area (Å²) in [5.41, 5.74) is 6.86. The van der Waals surface area contributed by atoms with Crippen LogP contribution in [-0.4, -0.2) is 34.8 Å². The van der Waals surface area contributed by atoms with E-state index in [1.807, 2.05) is 10.9 Å². The number of rotatable bonds is 3. The van der Waals surface area contributed by atoms with Crippen LogP contribution in [0.4, 0.5) is 5.69 Å². The molecule has 6 nitrogen and oxygen atoms in total. The third kappa shape index (κ3) is 2.87. The van der Waals surface area contributed by atoms with E-state index in [9.17, 15) is 4.79 Å². The van der Waals surface area contributed by atoms with Gasteiger partial charge in [0.15, 0.2) is 0 Å². The molecule has 122 valence electrons. The highest BCUT2D eigenvalue weighted by molar-refractivity contribution is 5.93. The summed E-state index contributed by atoms with van der Waals surface area (Å²) in [6.07, 6.45) is 7.89. The maximum absolute atomic E-state index is 12.4. The molecule has 4 atom stereocenters. The molecule has 3 aliphatic rings. The van der Waals surface area contributed by atoms with E-state index in [0.29, 0.717) is 17.9 Å². The molecule has 4 rings (SSSR count). The minimum absolute atomic E-state index is 0. The molecule has 1 saturated heterocycles. The van der Waals surface area contributed by atoms with Crippen LogP contribution in [0, 0.1) is 17.8 Å². The third-order valence-corrected chi connectivity index (χ3v) is 5.37. The fraction of sp³-hybridized carbons (Fsp3) is 0.733. The van der Waals surface area contributed by atoms with E-state index < -0.39 is 0 Å². The first kappa shape index (κ1) is 15.8. The van der Waals surface area contributed by atoms with Gasteiger partial charge in [-0.1, -0.05) is 0 Å². The highest BCUT2D eigenvalue weighted by Crippen LogP contribution is 2.54. The summed E-state index contributed by atoms with van der Waals surface area (Å²) in [7, 11) is 0. The van der Waals surface area contributed by atoms with Crippen LogP contribution in [0.15, 0.2) is 12.4 Å². The van der Waals surface area contributed by atoms with Crippen molar-refractivity contribution in [3.05, 3.63) is 12.4 Å². The lowest BCUT2D eigenvalue weighted by Crippen LogP contribution is -2.29. The summed E-state index contributed by atoms with van der Waals surface area (Å²) in [6.45, 7) is 2.07. The van der Waals surface area contributed by atoms with Crippen LogP contribution >= 0.6 is 12.4 Å². The van der Waals surface area contributed by atoms with Crippen LogP contribution in [0.1, 0.15) is 31.7 Å². The van der Waals surface area contributed by atoms with Crippen molar-refractivity contribution >= 4 is 24.0 Å². The third-order valence-electron chi connectivity index (χ3n) is 5.37. The number of anilines is 1. The Morgan fingerprint density at radius 2 is 2.09 bits per heavy atom. The van der Waals surface area contributed by atoms with Gasteiger partial charge in [-0.15, -0.1) is 12.4 Å². The first-order valence-electron chi connectivity index (χ1n) is 8.03. The molecule has 0 bridgehead atoms. The highest BCUT2D eigenvalue weighted by Gasteiger charge is 2.55. The van der Waals surface area contributed by atoms with Gasteiger partial charge in [-0.25, -0.2) is 0 Å². The highest BCUT2D eigenvalue weighted by atomic mass is 35.5. The number of fused-ring (bicyclic) bond motifs is 1. The maximum atomic E-state index is 12.4. The molecule has 22 heavy (non-hydrogen) atoms. The van der Waals surface area contributed by atoms with Crippen molar-refractivity contribution in [2.45, 2.75) is 37.8 Å². The van der Waals surface area contributed by atoms with E-state index in [1.165, 1.54) is 0 Å². The first-order valence-corrected chi connectivity index (χ1v) is 8.03. The normalized spacial score (nSPS) is 33.9. The number of nitrogens with one attached hydrogen (secondary N) is 2. The van der Waals surface area contributed by atoms with Gasteiger partial charge in [0.1, 0.15) is 0 Å². The fourth-order valence-corrected chi connectivity index (χ4v) is 4.04. The zero-order valence-corrected chi connectivity index (χ0v) is 13.4. The number of halogens is 1. The van der Waals surface area contributed by atoms with Crippen molar-refractivity contribution in [2.75, 3.05) is 18.4 Å². The summed E-state index contributed by atoms with van der Waals surface area (Å²) >= 11 is 0. The molecule has 1 aromatic heterocycles. The first-order chi connectivity index (χ1) is 10.2. The van der Waals surface area contributed by atoms with E-state index in [-0.39, 0.29) is 30.3 Å². The van der Waals surface area contributed by atoms with Gasteiger partial charge >= 0.3 is 0 Å². The molecule has 7 heteroatoms. The second-order valence-corrected chi connectivity index (χ2v) is 6.75. The predicted molar refractivity (Wildman–Crippen MR) is 86.9 cm³/mol. The summed E-state index contributed by atoms with van der Waals surface area (Å²) in [5.74, 6) is 1.35. The molecule has 3 fully saturated rings. The van der Waals surface area contributed by atoms with Crippen molar-refractivity contribution in [3.63, 3.8) is 0 Å². The van der Waals surface area contributed by atoms with Crippen LogP contribution in [0.5, 0.6) is 0 Å². The number of amides is 1. The zero-order chi connectivity index (χ0) is 14.4. The molecule has 0 radical (unpaired) electrons. The van der Waals surface area contributed by atoms with Gasteiger partial charge in [-0.3, -0.25) is 9.48 Å². The van der Waals surface area contributed by atoms with Crippen LogP contribution < -0.4 is 16.4 Å². The van der Waals surface area contributed by atoms with Gasteiger partial charge in [-0.05, 0) is 50.6 Å². The van der Waals surface area contributed by atoms with E-state index >= 15 is 0 Å². The Hall–Kier alpha value is -1.11. The van der Waals surface area contributed by atoms with Gasteiger partial charge in [-0.2, -0.15) is 5.10 Å². The van der Waals surface area contributed by atoms with Gasteiger partial charge in [0.05, 0.1) is 17.9 Å². The van der Waals surface area contributed by atoms with E-state index in [0.717, 1.165) is 44.5 Å². The Bertz CT molecular complexity index is 542. The summed E-state index contributed by atoms with van der Waals surface area (Å²) in [4.78, 5) is 12.4. The maximum Gasteiger partial charge on any atom is 0.227 e. The largest absolute Gasteiger partial charge is 0.327 e. The van der Waals surface area contributed by atoms with Gasteiger partial charge < -0.3 is 16.4 Å². The fourth-order valence-electron chi connectivity index (χ4n) is 4.04. The van der Waals surface area contributed by atoms with Crippen molar-refractivity contribution in [1.29, 1.82) is 0 Å². The van der Waals surface area contributed by atoms with Crippen LogP contribution in [-0.2, 0) is 4.79 Å². The smallest absolute Gasteiger partial charge is 0.227 e. The lowest BCUT2D eigenvalue weighted by atomic mass is 10.0. The standard InChI is InChI=1S/C15H23N5O.ClH/c16-14-6-13(11-5-12(11)14)15(21)19-9-7-18-20(8-9)10-1-3-17-4-2-10;/h7-8,10-14,17H,1-6,16H2,(H,19,21);1H/t11-,12+,13-,14+;/m0./s1. The number of nitrogens with two attached hydrogens (primary N) is 1. The second-order valence-electron chi connectivity index (χ2n) is 6.75. The molecule has 1 amide bonds. The van der Waals surface area contributed by atoms with Crippen LogP contribution in [0.25, 0.3) is 0 Å². The van der Waals surface area contributed by atoms with Crippen molar-refractivity contribution in [2.24, 2.45) is 23.5 Å². The molecule has 2 saturated carbocycles. The van der Waals surface area contributed by atoms with Crippen LogP contribution in [0.3, 0.4) is 0 Å². The number of nitrogens with zero attached hydrogens (tertiary/aromatic N) is 2. The Labute approximate surface area is 136 Å². The van der Waals surface area contributed by atoms with Gasteiger partial charge in [0.2, 0.25) is 5.91 Å². The summed E-state index contributed by atoms with van der Waals surface area (Å²) in [6, 6.07) is 0.674. The molecule has 2 aliphatic carbocycles. The zero-order valence-electron chi connectivity index (χ0n) is 12.6. The number of carbonyl (C=O) groups is 1. The van der Waals surface area contributed by atoms with Gasteiger partial charge in [0, 0.05) is 18.2 Å². The molecular weight excluding hydrogens is 302 g/mol. The predicted octanol–water partition coefficient (Wildman–Crippen LogP) is 1.15. The van der Waals surface area contributed by atoms with E-state index in [2.05, 4.69) is 15.7 Å². The van der Waals surface area contributed by atoms with Gasteiger partial charge in [0.25, 0.3) is 0 Å². The van der Waals surface area contributed by atoms with E-state index in [4.69, 9.17) is 5.73 Å². The Morgan fingerprint density at radius 3 is 2.73 bits per heavy atom. The minimum Gasteiger partial charge on any atom is -0.327 e. The molecule has 4 N–H and O–H groups in total. The van der Waals surface area contributed by atoms with Crippen molar-refractivity contribution < 1.29 is 4.79 Å². The lowest BCUT2D eigenvalue weighted by Gasteiger charge is -2.22. The Morgan fingerprint density at radius 1 is 1.32 bits per heavy atom. The minimum atomic E-state index is 0. The lowest BCUT2D eigenvalue weighted by molar-refractivity contribution is -0.120. The monoisotopic (exact) mass is 325 g/mol. The quantitative estimate of drug-likeness (QED) is 0.778. The molecule has 0 aromatic carbocycles. The molecule has 1 aliphatic heterocycles. The average molecular weight is 326 g/mol. The Kier molecular flexibility index (Phi) is 4.43. The topological polar surface area (TPSA) is 85.0 Å². The van der Waals surface area contributed by atoms with E-state index in [1.54, 1.807) is 6.20 Å². The number of aromatic nitrogens is 2. The summed E-state index contributed by atoms with van der Waals surface area (Å²) in [5, 5.41) is 10.8. The summed E-state index contributed by atoms with van der Waals surface area (Å²) < 4.78 is 2.00. The van der Waals surface area contributed by atoms with Crippen LogP contribution in [0.2, 0.25) is 0 Å². The van der Waals surface area contributed by atoms with Crippen molar-refractivity contribution in [1.82, 2.24) is 15.1 Å². The number of piperidine rings is 1. The molecule has 0 unspecified atom stereocenters. The number of carbonyl (C=O) groups excluding carboxylic acids is 1. The Balaban J connectivity index is 0.00000144.